The summed E-state index contributed by atoms with van der Waals surface area (Å²) in [6, 6.07) is 8.19. The van der Waals surface area contributed by atoms with Gasteiger partial charge in [0.1, 0.15) is 83.3 Å². The highest BCUT2D eigenvalue weighted by Crippen LogP contribution is 2.33. The molecule has 3 aromatic rings. The summed E-state index contributed by atoms with van der Waals surface area (Å²) < 4.78 is 27.3. The van der Waals surface area contributed by atoms with Crippen LogP contribution in [0.3, 0.4) is 0 Å². The fourth-order valence-electron chi connectivity index (χ4n) is 4.79. The summed E-state index contributed by atoms with van der Waals surface area (Å²) in [7, 11) is 0. The number of aromatic hydroxyl groups is 1. The van der Waals surface area contributed by atoms with Gasteiger partial charge in [-0.3, -0.25) is 4.79 Å². The van der Waals surface area contributed by atoms with E-state index < -0.39 is 85.8 Å². The van der Waals surface area contributed by atoms with Gasteiger partial charge in [-0.15, -0.1) is 0 Å². The Balaban J connectivity index is 1.35. The van der Waals surface area contributed by atoms with Crippen LogP contribution in [0.4, 0.5) is 0 Å². The third-order valence-electron chi connectivity index (χ3n) is 7.20. The van der Waals surface area contributed by atoms with E-state index in [1.54, 1.807) is 0 Å². The molecule has 228 valence electrons. The van der Waals surface area contributed by atoms with Crippen LogP contribution in [0.15, 0.2) is 51.9 Å². The van der Waals surface area contributed by atoms with E-state index in [-0.39, 0.29) is 28.0 Å². The molecule has 2 aliphatic heterocycles. The molecule has 0 saturated carbocycles. The number of benzene rings is 2. The third-order valence-corrected chi connectivity index (χ3v) is 7.20. The van der Waals surface area contributed by atoms with Gasteiger partial charge >= 0.3 is 0 Å². The van der Waals surface area contributed by atoms with E-state index in [0.29, 0.717) is 5.56 Å². The SMILES string of the molecule is O=c1c(-c2ccc(O[C@@H]3O[C@@H](CO)[C@H](O)[C@H](O)[C@@H]3O)cc2)coc2cc(O[C@@H]3O[C@H](CO)[C@@H](O)[C@H](O)[C@@H]3O)cc(O)c12. The van der Waals surface area contributed by atoms with Crippen molar-refractivity contribution in [3.63, 3.8) is 0 Å². The Kier molecular flexibility index (Phi) is 8.68. The Bertz CT molecular complexity index is 1440. The minimum absolute atomic E-state index is 0.0693. The van der Waals surface area contributed by atoms with Crippen molar-refractivity contribution in [3.8, 4) is 28.4 Å². The lowest BCUT2D eigenvalue weighted by molar-refractivity contribution is -0.277. The third kappa shape index (κ3) is 5.55. The normalized spacial score (nSPS) is 33.4. The maximum atomic E-state index is 13.3. The fourth-order valence-corrected chi connectivity index (χ4v) is 4.79. The van der Waals surface area contributed by atoms with Gasteiger partial charge in [-0.2, -0.15) is 0 Å². The van der Waals surface area contributed by atoms with Gasteiger partial charge in [0.15, 0.2) is 0 Å². The summed E-state index contributed by atoms with van der Waals surface area (Å²) in [6.45, 7) is -1.28. The molecule has 5 rings (SSSR count). The van der Waals surface area contributed by atoms with Gasteiger partial charge in [-0.1, -0.05) is 12.1 Å². The summed E-state index contributed by atoms with van der Waals surface area (Å²) >= 11 is 0. The Morgan fingerprint density at radius 3 is 1.74 bits per heavy atom. The topological polar surface area (TPSA) is 249 Å². The quantitative estimate of drug-likeness (QED) is 0.137. The minimum atomic E-state index is -1.69. The highest BCUT2D eigenvalue weighted by molar-refractivity contribution is 5.88. The molecule has 42 heavy (non-hydrogen) atoms. The lowest BCUT2D eigenvalue weighted by Gasteiger charge is -2.39. The lowest BCUT2D eigenvalue weighted by atomic mass is 9.99. The summed E-state index contributed by atoms with van der Waals surface area (Å²) in [5.41, 5.74) is -0.241. The Hall–Kier alpha value is -3.35. The van der Waals surface area contributed by atoms with Crippen molar-refractivity contribution in [2.75, 3.05) is 13.2 Å². The van der Waals surface area contributed by atoms with Crippen LogP contribution in [0.25, 0.3) is 22.1 Å². The molecule has 9 N–H and O–H groups in total. The number of aliphatic hydroxyl groups excluding tert-OH is 8. The van der Waals surface area contributed by atoms with Crippen LogP contribution in [0.5, 0.6) is 17.2 Å². The van der Waals surface area contributed by atoms with Gasteiger partial charge in [0.2, 0.25) is 18.0 Å². The molecule has 15 nitrogen and oxygen atoms in total. The average molecular weight is 595 g/mol. The van der Waals surface area contributed by atoms with E-state index in [1.165, 1.54) is 30.3 Å². The largest absolute Gasteiger partial charge is 0.507 e. The van der Waals surface area contributed by atoms with Gasteiger partial charge in [-0.05, 0) is 17.7 Å². The van der Waals surface area contributed by atoms with Crippen molar-refractivity contribution < 1.29 is 69.3 Å². The van der Waals surface area contributed by atoms with Crippen LogP contribution >= 0.6 is 0 Å². The summed E-state index contributed by atoms with van der Waals surface area (Å²) in [5, 5.41) is 89.2. The zero-order valence-electron chi connectivity index (χ0n) is 21.7. The van der Waals surface area contributed by atoms with Crippen LogP contribution in [0.1, 0.15) is 0 Å². The molecule has 2 saturated heterocycles. The first-order valence-corrected chi connectivity index (χ1v) is 12.9. The van der Waals surface area contributed by atoms with Gasteiger partial charge in [0, 0.05) is 12.1 Å². The fraction of sp³-hybridized carbons (Fsp3) is 0.444. The van der Waals surface area contributed by atoms with E-state index >= 15 is 0 Å². The molecule has 3 heterocycles. The van der Waals surface area contributed by atoms with Crippen molar-refractivity contribution in [1.29, 1.82) is 0 Å². The minimum Gasteiger partial charge on any atom is -0.507 e. The average Bonchev–Trinajstić information content (AvgIpc) is 2.98. The molecule has 0 bridgehead atoms. The molecule has 10 atom stereocenters. The first kappa shape index (κ1) is 30.1. The molecular formula is C27H30O15. The predicted octanol–water partition coefficient (Wildman–Crippen LogP) is -2.48. The van der Waals surface area contributed by atoms with Crippen LogP contribution in [-0.2, 0) is 9.47 Å². The number of rotatable bonds is 7. The maximum absolute atomic E-state index is 13.3. The van der Waals surface area contributed by atoms with Crippen molar-refractivity contribution in [2.24, 2.45) is 0 Å². The predicted molar refractivity (Wildman–Crippen MR) is 138 cm³/mol. The monoisotopic (exact) mass is 594 g/mol. The number of phenolic OH excluding ortho intramolecular Hbond substituents is 1. The number of fused-ring (bicyclic) bond motifs is 1. The molecule has 0 unspecified atom stereocenters. The van der Waals surface area contributed by atoms with Crippen molar-refractivity contribution in [3.05, 3.63) is 52.9 Å². The highest BCUT2D eigenvalue weighted by Gasteiger charge is 2.45. The standard InChI is InChI=1S/C27H30O15/c28-7-16-20(32)22(34)24(36)26(41-16)39-11-3-1-10(2-4-11)13-9-38-15-6-12(5-14(30)18(15)19(13)31)40-27-25(37)23(35)21(33)17(8-29)42-27/h1-6,9,16-17,20-30,32-37H,7-8H2/t16-,17+,20-,21+,22-,23-,24-,25-,26+,27+/m0/s1. The summed E-state index contributed by atoms with van der Waals surface area (Å²) in [5.74, 6) is -0.453. The van der Waals surface area contributed by atoms with Gasteiger partial charge in [-0.25, -0.2) is 0 Å². The highest BCUT2D eigenvalue weighted by atomic mass is 16.7. The molecule has 1 aromatic heterocycles. The second kappa shape index (κ2) is 12.1. The van der Waals surface area contributed by atoms with Gasteiger partial charge in [0.05, 0.1) is 18.8 Å². The first-order valence-electron chi connectivity index (χ1n) is 12.9. The van der Waals surface area contributed by atoms with Crippen LogP contribution in [0.2, 0.25) is 0 Å². The summed E-state index contributed by atoms with van der Waals surface area (Å²) in [4.78, 5) is 13.3. The van der Waals surface area contributed by atoms with E-state index in [0.717, 1.165) is 12.3 Å². The van der Waals surface area contributed by atoms with E-state index in [1.807, 2.05) is 0 Å². The van der Waals surface area contributed by atoms with Crippen molar-refractivity contribution in [1.82, 2.24) is 0 Å². The Labute approximate surface area is 236 Å². The molecule has 2 fully saturated rings. The number of hydrogen-bond donors (Lipinski definition) is 9. The first-order chi connectivity index (χ1) is 20.0. The van der Waals surface area contributed by atoms with Crippen molar-refractivity contribution in [2.45, 2.75) is 61.4 Å². The zero-order chi connectivity index (χ0) is 30.3. The lowest BCUT2D eigenvalue weighted by Crippen LogP contribution is -2.60. The molecular weight excluding hydrogens is 564 g/mol. The molecule has 0 amide bonds. The molecule has 2 aromatic carbocycles. The number of aliphatic hydroxyl groups is 8. The Morgan fingerprint density at radius 1 is 0.690 bits per heavy atom. The molecule has 0 radical (unpaired) electrons. The van der Waals surface area contributed by atoms with Crippen molar-refractivity contribution >= 4 is 11.0 Å². The molecule has 2 aliphatic rings. The molecule has 0 spiro atoms. The number of ether oxygens (including phenoxy) is 4. The van der Waals surface area contributed by atoms with E-state index in [2.05, 4.69) is 0 Å². The van der Waals surface area contributed by atoms with Gasteiger partial charge < -0.3 is 69.3 Å². The maximum Gasteiger partial charge on any atom is 0.229 e. The van der Waals surface area contributed by atoms with E-state index in [9.17, 15) is 50.8 Å². The summed E-state index contributed by atoms with van der Waals surface area (Å²) in [6.07, 6.45) is -13.8. The number of hydrogen-bond acceptors (Lipinski definition) is 15. The second-order valence-corrected chi connectivity index (χ2v) is 9.95. The van der Waals surface area contributed by atoms with Gasteiger partial charge in [0.25, 0.3) is 0 Å². The van der Waals surface area contributed by atoms with Crippen LogP contribution in [-0.4, -0.2) is 121 Å². The smallest absolute Gasteiger partial charge is 0.229 e. The second-order valence-electron chi connectivity index (χ2n) is 9.95. The van der Waals surface area contributed by atoms with Crippen LogP contribution < -0.4 is 14.9 Å². The molecule has 15 heteroatoms. The van der Waals surface area contributed by atoms with E-state index in [4.69, 9.17) is 23.4 Å². The molecule has 0 aliphatic carbocycles. The van der Waals surface area contributed by atoms with Crippen LogP contribution in [0, 0.1) is 0 Å². The Morgan fingerprint density at radius 2 is 1.21 bits per heavy atom. The zero-order valence-corrected chi connectivity index (χ0v) is 21.7. The number of phenols is 1.